The molecule has 0 radical (unpaired) electrons. The van der Waals surface area contributed by atoms with Gasteiger partial charge in [-0.1, -0.05) is 24.3 Å². The Kier molecular flexibility index (Phi) is 1.67. The fourth-order valence-corrected chi connectivity index (χ4v) is 4.32. The molecule has 0 N–H and O–H groups in total. The van der Waals surface area contributed by atoms with E-state index >= 15 is 0 Å². The minimum Gasteiger partial charge on any atom is -0.144 e. The number of hydrogen-bond donors (Lipinski definition) is 0. The van der Waals surface area contributed by atoms with Gasteiger partial charge in [-0.3, -0.25) is 0 Å². The number of thiophene rings is 2. The van der Waals surface area contributed by atoms with Crippen molar-refractivity contribution in [3.63, 3.8) is 0 Å². The Bertz CT molecular complexity index is 805. The van der Waals surface area contributed by atoms with Crippen molar-refractivity contribution in [2.45, 2.75) is 0 Å². The molecule has 0 saturated heterocycles. The van der Waals surface area contributed by atoms with Gasteiger partial charge < -0.3 is 0 Å². The van der Waals surface area contributed by atoms with E-state index in [1.54, 1.807) is 0 Å². The molecule has 0 atom stereocenters. The summed E-state index contributed by atoms with van der Waals surface area (Å²) in [7, 11) is 0. The summed E-state index contributed by atoms with van der Waals surface area (Å²) in [6.45, 7) is 0. The summed E-state index contributed by atoms with van der Waals surface area (Å²) in [4.78, 5) is 0. The van der Waals surface area contributed by atoms with Crippen LogP contribution in [0.4, 0.5) is 0 Å². The molecule has 0 bridgehead atoms. The SMILES string of the molecule is c1ccc2c(c1)sc1c3ccsc3ccc21. The van der Waals surface area contributed by atoms with Gasteiger partial charge in [0.1, 0.15) is 0 Å². The first kappa shape index (κ1) is 8.74. The van der Waals surface area contributed by atoms with Crippen molar-refractivity contribution in [1.29, 1.82) is 0 Å². The van der Waals surface area contributed by atoms with Gasteiger partial charge in [-0.25, -0.2) is 0 Å². The standard InChI is InChI=1S/C14H8S2/c1-2-4-13-9(3-1)10-5-6-12-11(7-8-15-12)14(10)16-13/h1-8H. The Labute approximate surface area is 101 Å². The zero-order valence-electron chi connectivity index (χ0n) is 8.44. The van der Waals surface area contributed by atoms with Gasteiger partial charge >= 0.3 is 0 Å². The molecule has 2 heterocycles. The summed E-state index contributed by atoms with van der Waals surface area (Å²) in [6.07, 6.45) is 0. The van der Waals surface area contributed by atoms with Crippen molar-refractivity contribution >= 4 is 52.9 Å². The van der Waals surface area contributed by atoms with E-state index in [-0.39, 0.29) is 0 Å². The second-order valence-corrected chi connectivity index (χ2v) is 5.87. The highest BCUT2D eigenvalue weighted by Crippen LogP contribution is 2.39. The Morgan fingerprint density at radius 1 is 0.688 bits per heavy atom. The van der Waals surface area contributed by atoms with Crippen LogP contribution in [0.2, 0.25) is 0 Å². The molecular formula is C14H8S2. The molecule has 4 rings (SSSR count). The predicted molar refractivity (Wildman–Crippen MR) is 74.7 cm³/mol. The number of rotatable bonds is 0. The van der Waals surface area contributed by atoms with E-state index in [2.05, 4.69) is 47.8 Å². The Morgan fingerprint density at radius 2 is 1.62 bits per heavy atom. The van der Waals surface area contributed by atoms with Crippen LogP contribution in [0.25, 0.3) is 30.3 Å². The van der Waals surface area contributed by atoms with Gasteiger partial charge in [-0.2, -0.15) is 0 Å². The minimum atomic E-state index is 1.38. The summed E-state index contributed by atoms with van der Waals surface area (Å²) < 4.78 is 4.20. The Balaban J connectivity index is 2.38. The van der Waals surface area contributed by atoms with Gasteiger partial charge in [0.15, 0.2) is 0 Å². The van der Waals surface area contributed by atoms with E-state index in [0.717, 1.165) is 0 Å². The lowest BCUT2D eigenvalue weighted by Crippen LogP contribution is -1.65. The molecule has 0 nitrogen and oxygen atoms in total. The van der Waals surface area contributed by atoms with Crippen LogP contribution in [0.15, 0.2) is 47.8 Å². The number of fused-ring (bicyclic) bond motifs is 5. The number of hydrogen-bond acceptors (Lipinski definition) is 2. The average molecular weight is 240 g/mol. The predicted octanol–water partition coefficient (Wildman–Crippen LogP) is 5.27. The third kappa shape index (κ3) is 1.03. The maximum absolute atomic E-state index is 2.26. The third-order valence-corrected chi connectivity index (χ3v) is 5.08. The second-order valence-electron chi connectivity index (χ2n) is 3.87. The summed E-state index contributed by atoms with van der Waals surface area (Å²) in [5, 5.41) is 6.36. The molecule has 0 aliphatic rings. The summed E-state index contributed by atoms with van der Waals surface area (Å²) in [5.41, 5.74) is 0. The molecule has 0 saturated carbocycles. The second kappa shape index (κ2) is 3.06. The van der Waals surface area contributed by atoms with E-state index < -0.39 is 0 Å². The summed E-state index contributed by atoms with van der Waals surface area (Å²) in [5.74, 6) is 0. The van der Waals surface area contributed by atoms with Gasteiger partial charge in [0, 0.05) is 30.3 Å². The highest BCUT2D eigenvalue weighted by atomic mass is 32.1. The molecule has 0 aliphatic carbocycles. The molecule has 2 aromatic carbocycles. The van der Waals surface area contributed by atoms with Crippen LogP contribution in [0.1, 0.15) is 0 Å². The molecule has 16 heavy (non-hydrogen) atoms. The minimum absolute atomic E-state index is 1.38. The fraction of sp³-hybridized carbons (Fsp3) is 0. The van der Waals surface area contributed by atoms with Crippen LogP contribution < -0.4 is 0 Å². The smallest absolute Gasteiger partial charge is 0.0442 e. The third-order valence-electron chi connectivity index (χ3n) is 2.98. The fourth-order valence-electron chi connectivity index (χ4n) is 2.23. The van der Waals surface area contributed by atoms with Crippen molar-refractivity contribution in [2.75, 3.05) is 0 Å². The highest BCUT2D eigenvalue weighted by Gasteiger charge is 2.07. The summed E-state index contributed by atoms with van der Waals surface area (Å²) >= 11 is 3.72. The zero-order chi connectivity index (χ0) is 10.5. The normalized spacial score (nSPS) is 11.8. The quantitative estimate of drug-likeness (QED) is 0.393. The Morgan fingerprint density at radius 3 is 2.62 bits per heavy atom. The van der Waals surface area contributed by atoms with Crippen LogP contribution in [-0.4, -0.2) is 0 Å². The molecule has 0 amide bonds. The topological polar surface area (TPSA) is 0 Å². The van der Waals surface area contributed by atoms with Crippen molar-refractivity contribution in [2.24, 2.45) is 0 Å². The van der Waals surface area contributed by atoms with Crippen molar-refractivity contribution < 1.29 is 0 Å². The molecule has 0 aliphatic heterocycles. The van der Waals surface area contributed by atoms with Gasteiger partial charge in [0.25, 0.3) is 0 Å². The van der Waals surface area contributed by atoms with E-state index in [0.29, 0.717) is 0 Å². The van der Waals surface area contributed by atoms with Crippen LogP contribution >= 0.6 is 22.7 Å². The number of benzene rings is 2. The van der Waals surface area contributed by atoms with E-state index in [9.17, 15) is 0 Å². The van der Waals surface area contributed by atoms with Crippen LogP contribution in [0.3, 0.4) is 0 Å². The largest absolute Gasteiger partial charge is 0.144 e. The maximum Gasteiger partial charge on any atom is 0.0442 e. The van der Waals surface area contributed by atoms with Crippen LogP contribution in [0.5, 0.6) is 0 Å². The van der Waals surface area contributed by atoms with Gasteiger partial charge in [0.2, 0.25) is 0 Å². The molecular weight excluding hydrogens is 232 g/mol. The zero-order valence-corrected chi connectivity index (χ0v) is 10.1. The molecule has 2 heteroatoms. The Hall–Kier alpha value is -1.38. The van der Waals surface area contributed by atoms with Crippen molar-refractivity contribution in [3.05, 3.63) is 47.8 Å². The molecule has 0 unspecified atom stereocenters. The summed E-state index contributed by atoms with van der Waals surface area (Å²) in [6, 6.07) is 15.4. The molecule has 2 aromatic heterocycles. The molecule has 0 spiro atoms. The highest BCUT2D eigenvalue weighted by molar-refractivity contribution is 7.27. The van der Waals surface area contributed by atoms with E-state index in [4.69, 9.17) is 0 Å². The molecule has 76 valence electrons. The lowest BCUT2D eigenvalue weighted by atomic mass is 10.1. The van der Waals surface area contributed by atoms with Crippen LogP contribution in [-0.2, 0) is 0 Å². The van der Waals surface area contributed by atoms with Gasteiger partial charge in [-0.15, -0.1) is 22.7 Å². The first-order valence-corrected chi connectivity index (χ1v) is 6.90. The van der Waals surface area contributed by atoms with E-state index in [1.807, 2.05) is 22.7 Å². The van der Waals surface area contributed by atoms with E-state index in [1.165, 1.54) is 30.3 Å². The first-order chi connectivity index (χ1) is 7.93. The van der Waals surface area contributed by atoms with Crippen molar-refractivity contribution in [1.82, 2.24) is 0 Å². The monoisotopic (exact) mass is 240 g/mol. The molecule has 4 aromatic rings. The van der Waals surface area contributed by atoms with Gasteiger partial charge in [0.05, 0.1) is 0 Å². The molecule has 0 fully saturated rings. The first-order valence-electron chi connectivity index (χ1n) is 5.21. The van der Waals surface area contributed by atoms with Crippen molar-refractivity contribution in [3.8, 4) is 0 Å². The lowest BCUT2D eigenvalue weighted by molar-refractivity contribution is 1.87. The van der Waals surface area contributed by atoms with Crippen LogP contribution in [0, 0.1) is 0 Å². The maximum atomic E-state index is 2.26. The average Bonchev–Trinajstić information content (AvgIpc) is 2.92. The lowest BCUT2D eigenvalue weighted by Gasteiger charge is -1.92. The van der Waals surface area contributed by atoms with Gasteiger partial charge in [-0.05, 0) is 23.6 Å².